The van der Waals surface area contributed by atoms with Crippen molar-refractivity contribution < 1.29 is 5.11 Å². The summed E-state index contributed by atoms with van der Waals surface area (Å²) in [6.45, 7) is 0. The molecule has 0 saturated heterocycles. The van der Waals surface area contributed by atoms with Crippen molar-refractivity contribution in [3.63, 3.8) is 0 Å². The van der Waals surface area contributed by atoms with Crippen molar-refractivity contribution in [2.24, 2.45) is 11.8 Å². The predicted octanol–water partition coefficient (Wildman–Crippen LogP) is 3.51. The molecule has 1 nitrogen and oxygen atoms in total. The molecule has 0 aromatic carbocycles. The molecule has 82 valence electrons. The molecule has 2 aliphatic carbocycles. The molecule has 2 aliphatic rings. The van der Waals surface area contributed by atoms with Crippen molar-refractivity contribution in [1.29, 1.82) is 0 Å². The first-order valence-electron chi connectivity index (χ1n) is 6.56. The minimum atomic E-state index is 0.0411. The van der Waals surface area contributed by atoms with Crippen molar-refractivity contribution in [3.8, 4) is 0 Å². The lowest BCUT2D eigenvalue weighted by atomic mass is 10.00. The largest absolute Gasteiger partial charge is 0.393 e. The molecule has 1 heteroatoms. The van der Waals surface area contributed by atoms with Crippen LogP contribution in [0.15, 0.2) is 0 Å². The van der Waals surface area contributed by atoms with Crippen LogP contribution in [0.3, 0.4) is 0 Å². The highest BCUT2D eigenvalue weighted by Gasteiger charge is 2.40. The molecular formula is C13H24O. The number of rotatable bonds is 0. The number of hydrogen-bond donors (Lipinski definition) is 1. The normalized spacial score (nSPS) is 40.5. The van der Waals surface area contributed by atoms with Crippen molar-refractivity contribution >= 4 is 0 Å². The molecule has 1 unspecified atom stereocenters. The van der Waals surface area contributed by atoms with Gasteiger partial charge in [0, 0.05) is 0 Å². The molecule has 2 rings (SSSR count). The molecule has 1 N–H and O–H groups in total. The van der Waals surface area contributed by atoms with E-state index in [4.69, 9.17) is 0 Å². The highest BCUT2D eigenvalue weighted by Crippen LogP contribution is 2.46. The first-order chi connectivity index (χ1) is 6.88. The fraction of sp³-hybridized carbons (Fsp3) is 1.00. The van der Waals surface area contributed by atoms with Gasteiger partial charge < -0.3 is 5.11 Å². The number of fused-ring (bicyclic) bond motifs is 1. The van der Waals surface area contributed by atoms with Crippen LogP contribution in [0.2, 0.25) is 0 Å². The molecule has 3 atom stereocenters. The van der Waals surface area contributed by atoms with Crippen LogP contribution in [0, 0.1) is 11.8 Å². The fourth-order valence-corrected chi connectivity index (χ4v) is 2.93. The maximum absolute atomic E-state index is 9.90. The predicted molar refractivity (Wildman–Crippen MR) is 59.2 cm³/mol. The Hall–Kier alpha value is -0.0400. The van der Waals surface area contributed by atoms with Crippen LogP contribution in [0.5, 0.6) is 0 Å². The van der Waals surface area contributed by atoms with Crippen molar-refractivity contribution in [1.82, 2.24) is 0 Å². The monoisotopic (exact) mass is 196 g/mol. The third kappa shape index (κ3) is 2.98. The van der Waals surface area contributed by atoms with Gasteiger partial charge in [0.2, 0.25) is 0 Å². The van der Waals surface area contributed by atoms with E-state index in [0.29, 0.717) is 5.92 Å². The summed E-state index contributed by atoms with van der Waals surface area (Å²) in [5.41, 5.74) is 0. The SMILES string of the molecule is OC1CCCCCCCCC[C@H]2C[C@H]12. The third-order valence-corrected chi connectivity index (χ3v) is 4.05. The summed E-state index contributed by atoms with van der Waals surface area (Å²) in [6, 6.07) is 0. The first kappa shape index (κ1) is 10.5. The second kappa shape index (κ2) is 5.16. The van der Waals surface area contributed by atoms with E-state index < -0.39 is 0 Å². The van der Waals surface area contributed by atoms with Crippen molar-refractivity contribution in [2.45, 2.75) is 70.3 Å². The molecule has 14 heavy (non-hydrogen) atoms. The standard InChI is InChI=1S/C13H24O/c14-13-9-7-5-3-1-2-4-6-8-11-10-12(11)13/h11-14H,1-10H2/t11-,12-,13?/m0/s1. The highest BCUT2D eigenvalue weighted by molar-refractivity contribution is 4.91. The second-order valence-electron chi connectivity index (χ2n) is 5.28. The van der Waals surface area contributed by atoms with Crippen molar-refractivity contribution in [3.05, 3.63) is 0 Å². The van der Waals surface area contributed by atoms with Gasteiger partial charge in [-0.25, -0.2) is 0 Å². The van der Waals surface area contributed by atoms with E-state index in [2.05, 4.69) is 0 Å². The smallest absolute Gasteiger partial charge is 0.0571 e. The molecule has 2 saturated carbocycles. The van der Waals surface area contributed by atoms with Crippen LogP contribution in [0.1, 0.15) is 64.2 Å². The van der Waals surface area contributed by atoms with Gasteiger partial charge in [-0.2, -0.15) is 0 Å². The second-order valence-corrected chi connectivity index (χ2v) is 5.28. The molecule has 0 aliphatic heterocycles. The molecule has 0 heterocycles. The Morgan fingerprint density at radius 1 is 0.714 bits per heavy atom. The van der Waals surface area contributed by atoms with Gasteiger partial charge in [0.25, 0.3) is 0 Å². The van der Waals surface area contributed by atoms with Gasteiger partial charge in [-0.3, -0.25) is 0 Å². The van der Waals surface area contributed by atoms with Gasteiger partial charge in [-0.05, 0) is 24.7 Å². The number of hydrogen-bond acceptors (Lipinski definition) is 1. The van der Waals surface area contributed by atoms with E-state index in [1.54, 1.807) is 0 Å². The topological polar surface area (TPSA) is 20.2 Å². The summed E-state index contributed by atoms with van der Waals surface area (Å²) < 4.78 is 0. The Morgan fingerprint density at radius 2 is 1.29 bits per heavy atom. The van der Waals surface area contributed by atoms with E-state index in [9.17, 15) is 5.11 Å². The van der Waals surface area contributed by atoms with Gasteiger partial charge in [-0.1, -0.05) is 51.4 Å². The van der Waals surface area contributed by atoms with E-state index in [-0.39, 0.29) is 6.10 Å². The number of aliphatic hydroxyl groups is 1. The zero-order chi connectivity index (χ0) is 9.80. The Kier molecular flexibility index (Phi) is 3.86. The fourth-order valence-electron chi connectivity index (χ4n) is 2.93. The van der Waals surface area contributed by atoms with Crippen LogP contribution in [0.4, 0.5) is 0 Å². The Balaban J connectivity index is 1.74. The highest BCUT2D eigenvalue weighted by atomic mass is 16.3. The summed E-state index contributed by atoms with van der Waals surface area (Å²) in [7, 11) is 0. The molecular weight excluding hydrogens is 172 g/mol. The third-order valence-electron chi connectivity index (χ3n) is 4.05. The minimum Gasteiger partial charge on any atom is -0.393 e. The molecule has 0 aromatic rings. The van der Waals surface area contributed by atoms with Crippen LogP contribution >= 0.6 is 0 Å². The lowest BCUT2D eigenvalue weighted by Gasteiger charge is -2.11. The first-order valence-corrected chi connectivity index (χ1v) is 6.56. The zero-order valence-corrected chi connectivity index (χ0v) is 9.25. The van der Waals surface area contributed by atoms with E-state index in [0.717, 1.165) is 12.3 Å². The maximum atomic E-state index is 9.90. The van der Waals surface area contributed by atoms with Crippen molar-refractivity contribution in [2.75, 3.05) is 0 Å². The summed E-state index contributed by atoms with van der Waals surface area (Å²) >= 11 is 0. The summed E-state index contributed by atoms with van der Waals surface area (Å²) in [6.07, 6.45) is 13.5. The van der Waals surface area contributed by atoms with E-state index in [1.807, 2.05) is 0 Å². The summed E-state index contributed by atoms with van der Waals surface area (Å²) in [5.74, 6) is 1.58. The summed E-state index contributed by atoms with van der Waals surface area (Å²) in [4.78, 5) is 0. The van der Waals surface area contributed by atoms with Gasteiger partial charge >= 0.3 is 0 Å². The van der Waals surface area contributed by atoms with Gasteiger partial charge in [0.05, 0.1) is 6.10 Å². The van der Waals surface area contributed by atoms with Crippen LogP contribution in [-0.4, -0.2) is 11.2 Å². The quantitative estimate of drug-likeness (QED) is 0.628. The minimum absolute atomic E-state index is 0.0411. The molecule has 0 spiro atoms. The lowest BCUT2D eigenvalue weighted by molar-refractivity contribution is 0.130. The molecule has 0 amide bonds. The molecule has 0 aromatic heterocycles. The van der Waals surface area contributed by atoms with E-state index >= 15 is 0 Å². The maximum Gasteiger partial charge on any atom is 0.0571 e. The van der Waals surface area contributed by atoms with Gasteiger partial charge in [0.15, 0.2) is 0 Å². The van der Waals surface area contributed by atoms with E-state index in [1.165, 1.54) is 57.8 Å². The summed E-state index contributed by atoms with van der Waals surface area (Å²) in [5, 5.41) is 9.90. The van der Waals surface area contributed by atoms with Crippen LogP contribution in [-0.2, 0) is 0 Å². The number of aliphatic hydroxyl groups excluding tert-OH is 1. The van der Waals surface area contributed by atoms with Crippen LogP contribution < -0.4 is 0 Å². The Morgan fingerprint density at radius 3 is 2.00 bits per heavy atom. The molecule has 2 fully saturated rings. The lowest BCUT2D eigenvalue weighted by Crippen LogP contribution is -2.10. The van der Waals surface area contributed by atoms with Gasteiger partial charge in [0.1, 0.15) is 0 Å². The zero-order valence-electron chi connectivity index (χ0n) is 9.25. The Bertz CT molecular complexity index is 167. The Labute approximate surface area is 87.9 Å². The molecule has 0 radical (unpaired) electrons. The van der Waals surface area contributed by atoms with Crippen LogP contribution in [0.25, 0.3) is 0 Å². The molecule has 0 bridgehead atoms. The van der Waals surface area contributed by atoms with Gasteiger partial charge in [-0.15, -0.1) is 0 Å². The average molecular weight is 196 g/mol. The average Bonchev–Trinajstić information content (AvgIpc) is 2.92.